The van der Waals surface area contributed by atoms with Gasteiger partial charge in [0.15, 0.2) is 26.9 Å². The van der Waals surface area contributed by atoms with Crippen LogP contribution in [0.1, 0.15) is 6.92 Å². The third kappa shape index (κ3) is 2.33. The second-order valence-corrected chi connectivity index (χ2v) is 7.40. The summed E-state index contributed by atoms with van der Waals surface area (Å²) >= 11 is 0. The fourth-order valence-electron chi connectivity index (χ4n) is 2.42. The Kier molecular flexibility index (Phi) is 3.05. The minimum Gasteiger partial charge on any atom is -0.454 e. The molecule has 23 heavy (non-hydrogen) atoms. The molecule has 0 radical (unpaired) electrons. The lowest BCUT2D eigenvalue weighted by Gasteiger charge is -1.99. The van der Waals surface area contributed by atoms with Crippen molar-refractivity contribution in [3.05, 3.63) is 36.4 Å². The lowest BCUT2D eigenvalue weighted by Crippen LogP contribution is -2.03. The first kappa shape index (κ1) is 14.1. The van der Waals surface area contributed by atoms with Crippen LogP contribution in [-0.2, 0) is 9.84 Å². The zero-order valence-electron chi connectivity index (χ0n) is 12.3. The number of hydrogen-bond donors (Lipinski definition) is 0. The number of fused-ring (bicyclic) bond motifs is 2. The van der Waals surface area contributed by atoms with Gasteiger partial charge in [-0.25, -0.2) is 13.4 Å². The molecule has 1 aromatic heterocycles. The number of benzene rings is 2. The Balaban J connectivity index is 1.80. The zero-order chi connectivity index (χ0) is 16.0. The van der Waals surface area contributed by atoms with E-state index in [1.807, 2.05) is 6.07 Å². The van der Waals surface area contributed by atoms with E-state index in [2.05, 4.69) is 4.98 Å². The van der Waals surface area contributed by atoms with Gasteiger partial charge >= 0.3 is 0 Å². The van der Waals surface area contributed by atoms with Crippen molar-refractivity contribution < 1.29 is 22.3 Å². The van der Waals surface area contributed by atoms with Crippen LogP contribution in [0.3, 0.4) is 0 Å². The first-order valence-corrected chi connectivity index (χ1v) is 8.75. The van der Waals surface area contributed by atoms with Gasteiger partial charge in [-0.2, -0.15) is 0 Å². The summed E-state index contributed by atoms with van der Waals surface area (Å²) < 4.78 is 40.2. The summed E-state index contributed by atoms with van der Waals surface area (Å²) in [6, 6.07) is 10.1. The number of sulfone groups is 1. The summed E-state index contributed by atoms with van der Waals surface area (Å²) in [7, 11) is -3.27. The van der Waals surface area contributed by atoms with E-state index in [4.69, 9.17) is 13.9 Å². The van der Waals surface area contributed by atoms with Gasteiger partial charge in [-0.05, 0) is 36.4 Å². The van der Waals surface area contributed by atoms with Crippen LogP contribution < -0.4 is 9.47 Å². The Hall–Kier alpha value is -2.54. The molecule has 4 rings (SSSR count). The minimum atomic E-state index is -3.27. The van der Waals surface area contributed by atoms with E-state index in [1.165, 1.54) is 12.1 Å². The maximum Gasteiger partial charge on any atom is 0.231 e. The van der Waals surface area contributed by atoms with Crippen molar-refractivity contribution in [2.75, 3.05) is 12.5 Å². The molecule has 0 aliphatic carbocycles. The summed E-state index contributed by atoms with van der Waals surface area (Å²) in [5.74, 6) is 1.77. The predicted molar refractivity (Wildman–Crippen MR) is 83.3 cm³/mol. The van der Waals surface area contributed by atoms with Crippen molar-refractivity contribution in [3.63, 3.8) is 0 Å². The molecule has 2 aromatic carbocycles. The lowest BCUT2D eigenvalue weighted by molar-refractivity contribution is 0.174. The largest absolute Gasteiger partial charge is 0.454 e. The molecule has 3 aromatic rings. The molecule has 0 saturated heterocycles. The number of rotatable bonds is 3. The van der Waals surface area contributed by atoms with Gasteiger partial charge in [-0.15, -0.1) is 0 Å². The zero-order valence-corrected chi connectivity index (χ0v) is 13.1. The van der Waals surface area contributed by atoms with E-state index in [-0.39, 0.29) is 17.4 Å². The molecule has 0 atom stereocenters. The van der Waals surface area contributed by atoms with Crippen LogP contribution >= 0.6 is 0 Å². The number of aromatic nitrogens is 1. The van der Waals surface area contributed by atoms with E-state index in [1.54, 1.807) is 25.1 Å². The standard InChI is InChI=1S/C16H13NO5S/c1-2-23(18,19)11-4-6-13-12(8-11)17-16(22-13)10-3-5-14-15(7-10)21-9-20-14/h3-8H,2,9H2,1H3. The van der Waals surface area contributed by atoms with Crippen LogP contribution in [0.4, 0.5) is 0 Å². The second-order valence-electron chi connectivity index (χ2n) is 5.12. The van der Waals surface area contributed by atoms with Gasteiger partial charge in [0.25, 0.3) is 0 Å². The molecule has 0 amide bonds. The summed E-state index contributed by atoms with van der Waals surface area (Å²) in [5, 5.41) is 0. The molecule has 1 aliphatic rings. The maximum absolute atomic E-state index is 12.0. The molecule has 1 aliphatic heterocycles. The molecule has 0 bridgehead atoms. The monoisotopic (exact) mass is 331 g/mol. The molecular weight excluding hydrogens is 318 g/mol. The van der Waals surface area contributed by atoms with Gasteiger partial charge in [0.1, 0.15) is 5.52 Å². The van der Waals surface area contributed by atoms with Gasteiger partial charge < -0.3 is 13.9 Å². The third-order valence-electron chi connectivity index (χ3n) is 3.72. The van der Waals surface area contributed by atoms with E-state index in [0.29, 0.717) is 28.5 Å². The van der Waals surface area contributed by atoms with E-state index >= 15 is 0 Å². The van der Waals surface area contributed by atoms with Crippen LogP contribution in [0.5, 0.6) is 11.5 Å². The Morgan fingerprint density at radius 3 is 2.74 bits per heavy atom. The average Bonchev–Trinajstić information content (AvgIpc) is 3.19. The maximum atomic E-state index is 12.0. The number of hydrogen-bond acceptors (Lipinski definition) is 6. The van der Waals surface area contributed by atoms with Crippen molar-refractivity contribution in [3.8, 4) is 23.0 Å². The Labute approximate surface area is 132 Å². The van der Waals surface area contributed by atoms with Crippen LogP contribution in [-0.4, -0.2) is 25.9 Å². The Bertz CT molecular complexity index is 1010. The first-order chi connectivity index (χ1) is 11.1. The third-order valence-corrected chi connectivity index (χ3v) is 5.45. The van der Waals surface area contributed by atoms with Gasteiger partial charge in [0, 0.05) is 5.56 Å². The molecular formula is C16H13NO5S. The smallest absolute Gasteiger partial charge is 0.231 e. The molecule has 7 heteroatoms. The fraction of sp³-hybridized carbons (Fsp3) is 0.188. The fourth-order valence-corrected chi connectivity index (χ4v) is 3.32. The summed E-state index contributed by atoms with van der Waals surface area (Å²) in [4.78, 5) is 4.64. The number of ether oxygens (including phenoxy) is 2. The first-order valence-electron chi connectivity index (χ1n) is 7.10. The minimum absolute atomic E-state index is 0.0470. The highest BCUT2D eigenvalue weighted by Gasteiger charge is 2.18. The summed E-state index contributed by atoms with van der Waals surface area (Å²) in [6.45, 7) is 1.81. The topological polar surface area (TPSA) is 78.6 Å². The highest BCUT2D eigenvalue weighted by molar-refractivity contribution is 7.91. The molecule has 6 nitrogen and oxygen atoms in total. The Morgan fingerprint density at radius 1 is 1.09 bits per heavy atom. The Morgan fingerprint density at radius 2 is 1.91 bits per heavy atom. The van der Waals surface area contributed by atoms with Crippen molar-refractivity contribution >= 4 is 20.9 Å². The molecule has 118 valence electrons. The summed E-state index contributed by atoms with van der Waals surface area (Å²) in [6.07, 6.45) is 0. The van der Waals surface area contributed by atoms with Crippen molar-refractivity contribution in [2.45, 2.75) is 11.8 Å². The molecule has 0 saturated carbocycles. The average molecular weight is 331 g/mol. The lowest BCUT2D eigenvalue weighted by atomic mass is 10.2. The van der Waals surface area contributed by atoms with Gasteiger partial charge in [-0.1, -0.05) is 6.92 Å². The highest BCUT2D eigenvalue weighted by Crippen LogP contribution is 2.36. The van der Waals surface area contributed by atoms with Crippen LogP contribution in [0.2, 0.25) is 0 Å². The van der Waals surface area contributed by atoms with Gasteiger partial charge in [0.05, 0.1) is 10.6 Å². The highest BCUT2D eigenvalue weighted by atomic mass is 32.2. The second kappa shape index (κ2) is 4.99. The summed E-state index contributed by atoms with van der Waals surface area (Å²) in [5.41, 5.74) is 1.78. The van der Waals surface area contributed by atoms with E-state index in [9.17, 15) is 8.42 Å². The van der Waals surface area contributed by atoms with Crippen molar-refractivity contribution in [1.29, 1.82) is 0 Å². The normalized spacial score (nSPS) is 13.6. The van der Waals surface area contributed by atoms with Crippen LogP contribution in [0.15, 0.2) is 45.7 Å². The SMILES string of the molecule is CCS(=O)(=O)c1ccc2oc(-c3ccc4c(c3)OCO4)nc2c1. The van der Waals surface area contributed by atoms with E-state index in [0.717, 1.165) is 5.56 Å². The molecule has 0 spiro atoms. The van der Waals surface area contributed by atoms with E-state index < -0.39 is 9.84 Å². The van der Waals surface area contributed by atoms with Crippen LogP contribution in [0, 0.1) is 0 Å². The molecule has 0 N–H and O–H groups in total. The predicted octanol–water partition coefficient (Wildman–Crippen LogP) is 3.02. The van der Waals surface area contributed by atoms with Gasteiger partial charge in [0.2, 0.25) is 12.7 Å². The van der Waals surface area contributed by atoms with Crippen LogP contribution in [0.25, 0.3) is 22.6 Å². The quantitative estimate of drug-likeness (QED) is 0.734. The molecule has 0 unspecified atom stereocenters. The van der Waals surface area contributed by atoms with Gasteiger partial charge in [-0.3, -0.25) is 0 Å². The van der Waals surface area contributed by atoms with Crippen molar-refractivity contribution in [1.82, 2.24) is 4.98 Å². The molecule has 0 fully saturated rings. The molecule has 2 heterocycles. The number of nitrogens with zero attached hydrogens (tertiary/aromatic N) is 1. The number of oxazole rings is 1. The van der Waals surface area contributed by atoms with Crippen molar-refractivity contribution in [2.24, 2.45) is 0 Å².